The minimum atomic E-state index is -0.465. The van der Waals surface area contributed by atoms with E-state index in [1.165, 1.54) is 23.9 Å². The van der Waals surface area contributed by atoms with E-state index in [0.717, 1.165) is 5.56 Å². The number of para-hydroxylation sites is 1. The van der Waals surface area contributed by atoms with Gasteiger partial charge >= 0.3 is 5.97 Å². The second kappa shape index (κ2) is 9.08. The fourth-order valence-electron chi connectivity index (χ4n) is 2.01. The van der Waals surface area contributed by atoms with E-state index < -0.39 is 5.97 Å². The van der Waals surface area contributed by atoms with E-state index in [9.17, 15) is 14.0 Å². The number of ether oxygens (including phenoxy) is 1. The number of amides is 1. The second-order valence-corrected chi connectivity index (χ2v) is 5.92. The summed E-state index contributed by atoms with van der Waals surface area (Å²) in [5.41, 5.74) is 1.71. The van der Waals surface area contributed by atoms with Crippen molar-refractivity contribution in [3.8, 4) is 0 Å². The van der Waals surface area contributed by atoms with Crippen molar-refractivity contribution in [1.82, 2.24) is 0 Å². The van der Waals surface area contributed by atoms with Gasteiger partial charge in [-0.15, -0.1) is 11.8 Å². The molecule has 2 rings (SSSR count). The van der Waals surface area contributed by atoms with E-state index in [-0.39, 0.29) is 24.1 Å². The Hall–Kier alpha value is -2.34. The predicted octanol–water partition coefficient (Wildman–Crippen LogP) is 3.87. The van der Waals surface area contributed by atoms with E-state index in [1.54, 1.807) is 43.3 Å². The molecular weight excluding hydrogens is 329 g/mol. The van der Waals surface area contributed by atoms with Gasteiger partial charge in [-0.2, -0.15) is 0 Å². The zero-order valence-electron chi connectivity index (χ0n) is 13.3. The third kappa shape index (κ3) is 5.38. The Morgan fingerprint density at radius 2 is 1.83 bits per heavy atom. The molecule has 0 aliphatic rings. The van der Waals surface area contributed by atoms with Crippen LogP contribution in [0.1, 0.15) is 22.8 Å². The molecule has 6 heteroatoms. The van der Waals surface area contributed by atoms with Gasteiger partial charge in [0.1, 0.15) is 5.82 Å². The lowest BCUT2D eigenvalue weighted by molar-refractivity contribution is -0.113. The van der Waals surface area contributed by atoms with Crippen LogP contribution in [0.5, 0.6) is 0 Å². The molecule has 0 bridgehead atoms. The molecule has 2 aromatic rings. The molecule has 0 saturated carbocycles. The normalized spacial score (nSPS) is 10.2. The maximum absolute atomic E-state index is 12.8. The average Bonchev–Trinajstić information content (AvgIpc) is 2.57. The molecule has 0 radical (unpaired) electrons. The van der Waals surface area contributed by atoms with Gasteiger partial charge in [0.2, 0.25) is 5.91 Å². The van der Waals surface area contributed by atoms with Crippen molar-refractivity contribution in [2.45, 2.75) is 12.7 Å². The summed E-state index contributed by atoms with van der Waals surface area (Å²) in [6.45, 7) is 2.00. The maximum Gasteiger partial charge on any atom is 0.340 e. The van der Waals surface area contributed by atoms with Crippen LogP contribution in [0.25, 0.3) is 0 Å². The van der Waals surface area contributed by atoms with Crippen molar-refractivity contribution in [3.63, 3.8) is 0 Å². The minimum absolute atomic E-state index is 0.209. The summed E-state index contributed by atoms with van der Waals surface area (Å²) in [6, 6.07) is 12.9. The first kappa shape index (κ1) is 18.0. The summed E-state index contributed by atoms with van der Waals surface area (Å²) in [5, 5.41) is 2.72. The van der Waals surface area contributed by atoms with Gasteiger partial charge in [-0.05, 0) is 36.8 Å². The Bertz CT molecular complexity index is 704. The summed E-state index contributed by atoms with van der Waals surface area (Å²) < 4.78 is 17.8. The SMILES string of the molecule is CCOC(=O)c1ccccc1NC(=O)CSCc1ccc(F)cc1. The smallest absolute Gasteiger partial charge is 0.340 e. The van der Waals surface area contributed by atoms with Crippen molar-refractivity contribution >= 4 is 29.3 Å². The van der Waals surface area contributed by atoms with Gasteiger partial charge in [0.15, 0.2) is 0 Å². The predicted molar refractivity (Wildman–Crippen MR) is 93.6 cm³/mol. The second-order valence-electron chi connectivity index (χ2n) is 4.93. The molecule has 24 heavy (non-hydrogen) atoms. The Morgan fingerprint density at radius 1 is 1.12 bits per heavy atom. The fourth-order valence-corrected chi connectivity index (χ4v) is 2.80. The molecule has 2 aromatic carbocycles. The molecule has 1 amide bonds. The Labute approximate surface area is 144 Å². The standard InChI is InChI=1S/C18H18FNO3S/c1-2-23-18(22)15-5-3-4-6-16(15)20-17(21)12-24-11-13-7-9-14(19)10-8-13/h3-10H,2,11-12H2,1H3,(H,20,21). The van der Waals surface area contributed by atoms with E-state index in [4.69, 9.17) is 4.74 Å². The number of carbonyl (C=O) groups excluding carboxylic acids is 2. The molecule has 0 unspecified atom stereocenters. The summed E-state index contributed by atoms with van der Waals surface area (Å²) >= 11 is 1.41. The van der Waals surface area contributed by atoms with Crippen LogP contribution < -0.4 is 5.32 Å². The van der Waals surface area contributed by atoms with Crippen LogP contribution in [-0.4, -0.2) is 24.2 Å². The van der Waals surface area contributed by atoms with Crippen LogP contribution in [0.2, 0.25) is 0 Å². The van der Waals surface area contributed by atoms with E-state index in [2.05, 4.69) is 5.32 Å². The molecule has 4 nitrogen and oxygen atoms in total. The molecule has 0 heterocycles. The number of hydrogen-bond donors (Lipinski definition) is 1. The van der Waals surface area contributed by atoms with Crippen LogP contribution in [0.4, 0.5) is 10.1 Å². The molecule has 0 aliphatic heterocycles. The van der Waals surface area contributed by atoms with Gasteiger partial charge < -0.3 is 10.1 Å². The van der Waals surface area contributed by atoms with Crippen LogP contribution in [0.15, 0.2) is 48.5 Å². The molecule has 0 spiro atoms. The zero-order valence-corrected chi connectivity index (χ0v) is 14.1. The highest BCUT2D eigenvalue weighted by molar-refractivity contribution is 7.99. The lowest BCUT2D eigenvalue weighted by atomic mass is 10.2. The summed E-state index contributed by atoms with van der Waals surface area (Å²) in [4.78, 5) is 23.9. The summed E-state index contributed by atoms with van der Waals surface area (Å²) in [7, 11) is 0. The van der Waals surface area contributed by atoms with Crippen molar-refractivity contribution in [1.29, 1.82) is 0 Å². The summed E-state index contributed by atoms with van der Waals surface area (Å²) in [5.74, 6) is -0.120. The molecule has 126 valence electrons. The zero-order chi connectivity index (χ0) is 17.4. The van der Waals surface area contributed by atoms with Crippen LogP contribution in [0, 0.1) is 5.82 Å². The van der Waals surface area contributed by atoms with Crippen molar-refractivity contribution in [2.24, 2.45) is 0 Å². The van der Waals surface area contributed by atoms with Crippen LogP contribution in [-0.2, 0) is 15.3 Å². The first-order valence-electron chi connectivity index (χ1n) is 7.48. The van der Waals surface area contributed by atoms with Gasteiger partial charge in [-0.25, -0.2) is 9.18 Å². The number of benzene rings is 2. The Balaban J connectivity index is 1.88. The topological polar surface area (TPSA) is 55.4 Å². The third-order valence-corrected chi connectivity index (χ3v) is 4.12. The average molecular weight is 347 g/mol. The molecule has 0 atom stereocenters. The van der Waals surface area contributed by atoms with Gasteiger partial charge in [-0.1, -0.05) is 24.3 Å². The van der Waals surface area contributed by atoms with Crippen molar-refractivity contribution in [3.05, 3.63) is 65.5 Å². The molecular formula is C18H18FNO3S. The highest BCUT2D eigenvalue weighted by Gasteiger charge is 2.13. The maximum atomic E-state index is 12.8. The largest absolute Gasteiger partial charge is 0.462 e. The van der Waals surface area contributed by atoms with Gasteiger partial charge in [0.05, 0.1) is 23.6 Å². The molecule has 1 N–H and O–H groups in total. The number of rotatable bonds is 7. The number of carbonyl (C=O) groups is 2. The number of anilines is 1. The van der Waals surface area contributed by atoms with Crippen molar-refractivity contribution < 1.29 is 18.7 Å². The lowest BCUT2D eigenvalue weighted by Gasteiger charge is -2.10. The molecule has 0 aliphatic carbocycles. The van der Waals surface area contributed by atoms with E-state index >= 15 is 0 Å². The molecule has 0 saturated heterocycles. The fraction of sp³-hybridized carbons (Fsp3) is 0.222. The molecule has 0 aromatic heterocycles. The first-order chi connectivity index (χ1) is 11.6. The monoisotopic (exact) mass is 347 g/mol. The van der Waals surface area contributed by atoms with E-state index in [0.29, 0.717) is 17.0 Å². The van der Waals surface area contributed by atoms with Crippen LogP contribution >= 0.6 is 11.8 Å². The van der Waals surface area contributed by atoms with Crippen molar-refractivity contribution in [2.75, 3.05) is 17.7 Å². The number of esters is 1. The van der Waals surface area contributed by atoms with Gasteiger partial charge in [0, 0.05) is 5.75 Å². The quantitative estimate of drug-likeness (QED) is 0.773. The first-order valence-corrected chi connectivity index (χ1v) is 8.64. The highest BCUT2D eigenvalue weighted by atomic mass is 32.2. The van der Waals surface area contributed by atoms with Gasteiger partial charge in [0.25, 0.3) is 0 Å². The van der Waals surface area contributed by atoms with E-state index in [1.807, 2.05) is 0 Å². The Morgan fingerprint density at radius 3 is 2.54 bits per heavy atom. The lowest BCUT2D eigenvalue weighted by Crippen LogP contribution is -2.17. The summed E-state index contributed by atoms with van der Waals surface area (Å²) in [6.07, 6.45) is 0. The minimum Gasteiger partial charge on any atom is -0.462 e. The molecule has 0 fully saturated rings. The van der Waals surface area contributed by atoms with Gasteiger partial charge in [-0.3, -0.25) is 4.79 Å². The Kier molecular flexibility index (Phi) is 6.81. The number of halogens is 1. The number of thioether (sulfide) groups is 1. The number of hydrogen-bond acceptors (Lipinski definition) is 4. The highest BCUT2D eigenvalue weighted by Crippen LogP contribution is 2.18. The number of nitrogens with one attached hydrogen (secondary N) is 1. The van der Waals surface area contributed by atoms with Crippen LogP contribution in [0.3, 0.4) is 0 Å². The third-order valence-electron chi connectivity index (χ3n) is 3.11.